The third-order valence-corrected chi connectivity index (χ3v) is 8.26. The van der Waals surface area contributed by atoms with E-state index >= 15 is 0 Å². The Morgan fingerprint density at radius 3 is 2.69 bits per heavy atom. The van der Waals surface area contributed by atoms with Gasteiger partial charge in [0.15, 0.2) is 11.6 Å². The van der Waals surface area contributed by atoms with Crippen molar-refractivity contribution in [3.63, 3.8) is 0 Å². The van der Waals surface area contributed by atoms with E-state index in [4.69, 9.17) is 9.47 Å². The van der Waals surface area contributed by atoms with Gasteiger partial charge in [0, 0.05) is 30.5 Å². The normalized spacial score (nSPS) is 16.3. The molecule has 1 aromatic carbocycles. The number of nitrogens with zero attached hydrogens (tertiary/aromatic N) is 3. The first-order chi connectivity index (χ1) is 19.9. The minimum absolute atomic E-state index is 0.00407. The molecule has 9 nitrogen and oxygen atoms in total. The van der Waals surface area contributed by atoms with Crippen molar-refractivity contribution in [1.82, 2.24) is 20.3 Å². The van der Waals surface area contributed by atoms with E-state index in [0.29, 0.717) is 27.9 Å². The Morgan fingerprint density at radius 1 is 1.17 bits per heavy atom. The minimum Gasteiger partial charge on any atom is -0.489 e. The van der Waals surface area contributed by atoms with E-state index in [1.165, 1.54) is 18.3 Å². The second-order valence-electron chi connectivity index (χ2n) is 9.50. The summed E-state index contributed by atoms with van der Waals surface area (Å²) in [5.41, 5.74) is -1.44. The van der Waals surface area contributed by atoms with E-state index in [1.807, 2.05) is 0 Å². The van der Waals surface area contributed by atoms with Crippen molar-refractivity contribution >= 4 is 26.6 Å². The predicted octanol–water partition coefficient (Wildman–Crippen LogP) is 5.12. The lowest BCUT2D eigenvalue weighted by molar-refractivity contribution is 0.0121. The van der Waals surface area contributed by atoms with E-state index in [1.54, 1.807) is 25.1 Å². The van der Waals surface area contributed by atoms with Crippen molar-refractivity contribution in [3.05, 3.63) is 71.4 Å². The average Bonchev–Trinajstić information content (AvgIpc) is 3.06. The fourth-order valence-corrected chi connectivity index (χ4v) is 5.69. The summed E-state index contributed by atoms with van der Waals surface area (Å²) in [7, 11) is -4.55. The molecular formula is C28H24F4N4O5S. The maximum absolute atomic E-state index is 14.7. The molecule has 1 N–H and O–H groups in total. The average molecular weight is 605 g/mol. The molecule has 5 rings (SSSR count). The number of halogens is 4. The fraction of sp³-hybridized carbons (Fsp3) is 0.286. The van der Waals surface area contributed by atoms with E-state index in [9.17, 15) is 30.8 Å². The highest BCUT2D eigenvalue weighted by Gasteiger charge is 2.35. The molecule has 14 heteroatoms. The smallest absolute Gasteiger partial charge is 0.287 e. The zero-order chi connectivity index (χ0) is 30.2. The Morgan fingerprint density at radius 2 is 1.95 bits per heavy atom. The molecule has 0 bridgehead atoms. The third kappa shape index (κ3) is 5.71. The third-order valence-electron chi connectivity index (χ3n) is 6.43. The number of alkyl halides is 3. The molecule has 0 saturated heterocycles. The highest BCUT2D eigenvalue weighted by molar-refractivity contribution is 7.92. The number of ether oxygens (including phenoxy) is 2. The molecule has 4 aromatic rings. The van der Waals surface area contributed by atoms with Gasteiger partial charge < -0.3 is 14.8 Å². The number of hydrogen-bond donors (Lipinski definition) is 1. The Labute approximate surface area is 237 Å². The maximum atomic E-state index is 14.7. The van der Waals surface area contributed by atoms with Gasteiger partial charge in [-0.05, 0) is 49.4 Å². The molecule has 0 spiro atoms. The van der Waals surface area contributed by atoms with Crippen molar-refractivity contribution in [2.75, 3.05) is 13.2 Å². The molecule has 0 radical (unpaired) electrons. The minimum atomic E-state index is -4.55. The molecule has 1 atom stereocenters. The Hall–Kier alpha value is -4.33. The molecule has 4 heterocycles. The molecule has 1 amide bonds. The van der Waals surface area contributed by atoms with E-state index in [-0.39, 0.29) is 31.2 Å². The van der Waals surface area contributed by atoms with E-state index in [0.717, 1.165) is 19.1 Å². The van der Waals surface area contributed by atoms with Crippen molar-refractivity contribution in [3.8, 4) is 22.9 Å². The summed E-state index contributed by atoms with van der Waals surface area (Å²) in [5.74, 6) is -5.70. The number of carbonyl (C=O) groups is 1. The van der Waals surface area contributed by atoms with Gasteiger partial charge in [0.2, 0.25) is 21.2 Å². The van der Waals surface area contributed by atoms with Gasteiger partial charge in [-0.2, -0.15) is 8.78 Å². The molecule has 1 aliphatic heterocycles. The summed E-state index contributed by atoms with van der Waals surface area (Å²) in [6, 6.07) is 9.33. The summed E-state index contributed by atoms with van der Waals surface area (Å²) in [4.78, 5) is 24.9. The number of amides is 1. The lowest BCUT2D eigenvalue weighted by atomic mass is 10.1. The Kier molecular flexibility index (Phi) is 7.75. The number of pyridine rings is 3. The molecule has 0 unspecified atom stereocenters. The number of nitrogens with one attached hydrogen (secondary N) is 1. The molecule has 0 saturated carbocycles. The van der Waals surface area contributed by atoms with E-state index in [2.05, 4.69) is 20.3 Å². The van der Waals surface area contributed by atoms with Crippen LogP contribution in [0.5, 0.6) is 11.6 Å². The quantitative estimate of drug-likeness (QED) is 0.289. The molecule has 3 aromatic heterocycles. The molecule has 0 aliphatic carbocycles. The van der Waals surface area contributed by atoms with Gasteiger partial charge >= 0.3 is 0 Å². The topological polar surface area (TPSA) is 120 Å². The van der Waals surface area contributed by atoms with Crippen molar-refractivity contribution in [2.24, 2.45) is 0 Å². The number of fused-ring (bicyclic) bond motifs is 2. The zero-order valence-corrected chi connectivity index (χ0v) is 23.1. The SMILES string of the molecule is CCOc1nc(C(C)(F)F)ccc1-c1ccc2cnc(CNC(=O)c3cc(F)c4c(c3)S(=O)(=O)[C@@H](F)CCO4)cc2n1. The molecule has 1 aliphatic rings. The highest BCUT2D eigenvalue weighted by atomic mass is 32.2. The second-order valence-corrected chi connectivity index (χ2v) is 11.5. The zero-order valence-electron chi connectivity index (χ0n) is 22.3. The van der Waals surface area contributed by atoms with Crippen LogP contribution < -0.4 is 14.8 Å². The monoisotopic (exact) mass is 604 g/mol. The van der Waals surface area contributed by atoms with Crippen molar-refractivity contribution in [2.45, 2.75) is 43.1 Å². The number of rotatable bonds is 7. The van der Waals surface area contributed by atoms with Crippen LogP contribution in [0.2, 0.25) is 0 Å². The van der Waals surface area contributed by atoms with Gasteiger partial charge in [-0.25, -0.2) is 27.2 Å². The molecule has 0 fully saturated rings. The van der Waals surface area contributed by atoms with Crippen LogP contribution in [0.15, 0.2) is 53.6 Å². The lowest BCUT2D eigenvalue weighted by Crippen LogP contribution is -2.24. The molecular weight excluding hydrogens is 580 g/mol. The first kappa shape index (κ1) is 29.2. The summed E-state index contributed by atoms with van der Waals surface area (Å²) in [6.07, 6.45) is 1.05. The first-order valence-corrected chi connectivity index (χ1v) is 14.3. The van der Waals surface area contributed by atoms with Crippen molar-refractivity contribution < 1.29 is 40.2 Å². The molecule has 42 heavy (non-hydrogen) atoms. The first-order valence-electron chi connectivity index (χ1n) is 12.8. The van der Waals surface area contributed by atoms with Gasteiger partial charge in [0.25, 0.3) is 11.8 Å². The van der Waals surface area contributed by atoms with E-state index < -0.39 is 55.7 Å². The standard InChI is InChI=1S/C28H24F4N4O5S/c1-3-40-27-18(5-7-23(36-27)28(2,31)32)20-6-4-15-13-33-17(12-21(15)35-20)14-34-26(37)16-10-19(29)25-22(11-16)42(38,39)24(30)8-9-41-25/h4-7,10-13,24H,3,8-9,14H2,1-2H3,(H,34,37)/t24-/m1/s1. The van der Waals surface area contributed by atoms with Crippen molar-refractivity contribution in [1.29, 1.82) is 0 Å². The number of benzene rings is 1. The summed E-state index contributed by atoms with van der Waals surface area (Å²) < 4.78 is 92.0. The number of hydrogen-bond acceptors (Lipinski definition) is 8. The Bertz CT molecular complexity index is 1800. The van der Waals surface area contributed by atoms with Gasteiger partial charge in [-0.3, -0.25) is 9.78 Å². The largest absolute Gasteiger partial charge is 0.489 e. The second kappa shape index (κ2) is 11.2. The lowest BCUT2D eigenvalue weighted by Gasteiger charge is -2.14. The van der Waals surface area contributed by atoms with Crippen LogP contribution >= 0.6 is 0 Å². The summed E-state index contributed by atoms with van der Waals surface area (Å²) in [5, 5.41) is 3.18. The van der Waals surface area contributed by atoms with Crippen LogP contribution in [0.3, 0.4) is 0 Å². The van der Waals surface area contributed by atoms with Gasteiger partial charge in [0.1, 0.15) is 10.6 Å². The number of sulfone groups is 1. The fourth-order valence-electron chi connectivity index (χ4n) is 4.30. The summed E-state index contributed by atoms with van der Waals surface area (Å²) in [6.45, 7) is 2.17. The van der Waals surface area contributed by atoms with Crippen LogP contribution in [0.4, 0.5) is 17.6 Å². The maximum Gasteiger partial charge on any atom is 0.287 e. The highest BCUT2D eigenvalue weighted by Crippen LogP contribution is 2.36. The van der Waals surface area contributed by atoms with Gasteiger partial charge in [-0.1, -0.05) is 0 Å². The van der Waals surface area contributed by atoms with Gasteiger partial charge in [0.05, 0.1) is 42.2 Å². The Balaban J connectivity index is 1.40. The van der Waals surface area contributed by atoms with Crippen LogP contribution in [-0.4, -0.2) is 48.0 Å². The predicted molar refractivity (Wildman–Crippen MR) is 143 cm³/mol. The molecule has 220 valence electrons. The van der Waals surface area contributed by atoms with Crippen LogP contribution in [0.25, 0.3) is 22.2 Å². The van der Waals surface area contributed by atoms with Crippen LogP contribution in [0, 0.1) is 5.82 Å². The van der Waals surface area contributed by atoms with Gasteiger partial charge in [-0.15, -0.1) is 0 Å². The summed E-state index contributed by atoms with van der Waals surface area (Å²) >= 11 is 0. The number of carbonyl (C=O) groups excluding carboxylic acids is 1. The van der Waals surface area contributed by atoms with Crippen LogP contribution in [-0.2, 0) is 22.3 Å². The number of aromatic nitrogens is 3. The van der Waals surface area contributed by atoms with Crippen LogP contribution in [0.1, 0.15) is 42.0 Å².